The third-order valence-corrected chi connectivity index (χ3v) is 8.41. The average molecular weight is 542 g/mol. The Balaban J connectivity index is 2.48. The predicted octanol–water partition coefficient (Wildman–Crippen LogP) is 2.62. The van der Waals surface area contributed by atoms with E-state index in [1.165, 1.54) is 35.6 Å². The van der Waals surface area contributed by atoms with Crippen LogP contribution in [0.2, 0.25) is 0 Å². The summed E-state index contributed by atoms with van der Waals surface area (Å²) in [6, 6.07) is 9.59. The van der Waals surface area contributed by atoms with E-state index in [9.17, 15) is 38.9 Å². The van der Waals surface area contributed by atoms with Gasteiger partial charge in [0, 0.05) is 28.5 Å². The van der Waals surface area contributed by atoms with Crippen molar-refractivity contribution in [1.82, 2.24) is 0 Å². The second kappa shape index (κ2) is 8.78. The number of nitrogens with two attached hydrogens (primary N) is 1. The Morgan fingerprint density at radius 2 is 1.51 bits per heavy atom. The van der Waals surface area contributed by atoms with Crippen molar-refractivity contribution < 1.29 is 44.2 Å². The second-order valence-corrected chi connectivity index (χ2v) is 12.8. The zero-order valence-electron chi connectivity index (χ0n) is 18.9. The minimum Gasteiger partial charge on any atom is -0.744 e. The highest BCUT2D eigenvalue weighted by Gasteiger charge is 2.32. The number of rotatable bonds is 7. The Kier molecular flexibility index (Phi) is 6.76. The Bertz CT molecular complexity index is 1690. The van der Waals surface area contributed by atoms with E-state index >= 15 is 0 Å². The van der Waals surface area contributed by atoms with Crippen molar-refractivity contribution in [3.05, 3.63) is 66.2 Å². The van der Waals surface area contributed by atoms with Crippen LogP contribution in [0.4, 0.5) is 11.4 Å². The summed E-state index contributed by atoms with van der Waals surface area (Å²) in [6.07, 6.45) is 0. The summed E-state index contributed by atoms with van der Waals surface area (Å²) in [5, 5.41) is 1.51. The number of allylic oxidation sites excluding steroid dienone is 1. The first-order chi connectivity index (χ1) is 15.8. The van der Waals surface area contributed by atoms with E-state index in [-0.39, 0.29) is 21.4 Å². The summed E-state index contributed by atoms with van der Waals surface area (Å²) < 4.78 is 102. The van der Waals surface area contributed by atoms with Crippen molar-refractivity contribution in [2.45, 2.75) is 40.9 Å². The fourth-order valence-corrected chi connectivity index (χ4v) is 5.49. The number of fused-ring (bicyclic) bond motifs is 1. The average Bonchev–Trinajstić information content (AvgIpc) is 2.70. The van der Waals surface area contributed by atoms with Gasteiger partial charge in [0.1, 0.15) is 26.4 Å². The zero-order valence-corrected chi connectivity index (χ0v) is 21.3. The van der Waals surface area contributed by atoms with Gasteiger partial charge in [-0.25, -0.2) is 8.42 Å². The van der Waals surface area contributed by atoms with Crippen LogP contribution in [0, 0.1) is 0 Å². The lowest BCUT2D eigenvalue weighted by Gasteiger charge is -2.29. The van der Waals surface area contributed by atoms with Crippen LogP contribution in [0.15, 0.2) is 75.4 Å². The molecule has 0 fully saturated rings. The molecule has 0 radical (unpaired) electrons. The smallest absolute Gasteiger partial charge is 0.295 e. The van der Waals surface area contributed by atoms with Crippen LogP contribution in [-0.4, -0.2) is 38.9 Å². The van der Waals surface area contributed by atoms with Gasteiger partial charge in [-0.05, 0) is 36.6 Å². The molecular weight excluding hydrogens is 518 g/mol. The van der Waals surface area contributed by atoms with Crippen LogP contribution in [0.3, 0.4) is 0 Å². The Morgan fingerprint density at radius 1 is 0.886 bits per heavy atom. The molecule has 0 atom stereocenters. The maximum atomic E-state index is 12.3. The zero-order chi connectivity index (χ0) is 26.6. The van der Waals surface area contributed by atoms with E-state index in [1.54, 1.807) is 20.8 Å². The van der Waals surface area contributed by atoms with Crippen molar-refractivity contribution in [2.75, 3.05) is 0 Å². The molecule has 0 spiro atoms. The standard InChI is InChI=1S/C22H23NO9S3/c1-13(2)22(3,4)21-17-9-8-16(34(27,28)29)11-18(17)20(35(30,31)32)12-19(21)23-14-6-5-7-15(10-14)33(24,25)26/h5-12,23H,1H2,2-4H3,(H,24,25,26)(H,27,28,29)(H,30,31,32). The molecule has 0 aliphatic heterocycles. The van der Waals surface area contributed by atoms with E-state index in [4.69, 9.17) is 0 Å². The molecule has 3 rings (SSSR count). The van der Waals surface area contributed by atoms with E-state index in [0.717, 1.165) is 18.2 Å². The van der Waals surface area contributed by atoms with Crippen molar-refractivity contribution in [2.24, 2.45) is 0 Å². The lowest BCUT2D eigenvalue weighted by atomic mass is 9.76. The molecule has 188 valence electrons. The minimum absolute atomic E-state index is 0.183. The van der Waals surface area contributed by atoms with E-state index < -0.39 is 45.6 Å². The van der Waals surface area contributed by atoms with E-state index in [2.05, 4.69) is 6.58 Å². The molecule has 13 heteroatoms. The summed E-state index contributed by atoms with van der Waals surface area (Å²) in [4.78, 5) is -1.70. The lowest BCUT2D eigenvalue weighted by Crippen LogP contribution is -2.72. The molecule has 0 aromatic heterocycles. The van der Waals surface area contributed by atoms with Crippen LogP contribution in [0.5, 0.6) is 0 Å². The molecule has 3 aromatic rings. The van der Waals surface area contributed by atoms with Gasteiger partial charge in [-0.1, -0.05) is 38.1 Å². The molecule has 0 unspecified atom stereocenters. The molecule has 0 aliphatic carbocycles. The van der Waals surface area contributed by atoms with Gasteiger partial charge in [0.25, 0.3) is 20.2 Å². The molecule has 3 aromatic carbocycles. The highest BCUT2D eigenvalue weighted by Crippen LogP contribution is 2.42. The van der Waals surface area contributed by atoms with E-state index in [0.29, 0.717) is 16.8 Å². The van der Waals surface area contributed by atoms with Crippen molar-refractivity contribution >= 4 is 52.5 Å². The Labute approximate surface area is 203 Å². The largest absolute Gasteiger partial charge is 0.744 e. The third kappa shape index (κ3) is 5.46. The number of hydrogen-bond acceptors (Lipinski definition) is 7. The van der Waals surface area contributed by atoms with Crippen LogP contribution in [0.25, 0.3) is 10.8 Å². The first-order valence-corrected chi connectivity index (χ1v) is 14.3. The predicted molar refractivity (Wildman–Crippen MR) is 127 cm³/mol. The molecular formula is C22H23NO9S3. The fourth-order valence-electron chi connectivity index (χ4n) is 3.73. The monoisotopic (exact) mass is 541 g/mol. The molecule has 10 nitrogen and oxygen atoms in total. The molecule has 0 saturated carbocycles. The van der Waals surface area contributed by atoms with Gasteiger partial charge in [0.2, 0.25) is 0 Å². The highest BCUT2D eigenvalue weighted by molar-refractivity contribution is 7.86. The summed E-state index contributed by atoms with van der Waals surface area (Å²) in [5.41, 5.74) is 0.849. The normalized spacial score (nSPS) is 13.2. The number of quaternary nitrogens is 1. The topological polar surface area (TPSA) is 183 Å². The van der Waals surface area contributed by atoms with Gasteiger partial charge < -0.3 is 4.55 Å². The maximum absolute atomic E-state index is 12.3. The summed E-state index contributed by atoms with van der Waals surface area (Å²) in [6.45, 7) is 9.32. The second-order valence-electron chi connectivity index (χ2n) is 8.57. The quantitative estimate of drug-likeness (QED) is 0.230. The highest BCUT2D eigenvalue weighted by atomic mass is 32.2. The number of hydrogen-bond donors (Lipinski definition) is 3. The Hall–Kier alpha value is -2.65. The van der Waals surface area contributed by atoms with Gasteiger partial charge >= 0.3 is 0 Å². The van der Waals surface area contributed by atoms with Gasteiger partial charge in [0.05, 0.1) is 9.79 Å². The SMILES string of the molecule is C=C(C)C(C)(C)c1c([NH2+]c2cccc(S(=O)(=O)O)c2)cc(S(=O)(=O)O)c2cc(S(=O)(=O)[O-])ccc12. The number of benzene rings is 3. The molecule has 0 saturated heterocycles. The van der Waals surface area contributed by atoms with Crippen LogP contribution in [0.1, 0.15) is 26.3 Å². The minimum atomic E-state index is -4.93. The van der Waals surface area contributed by atoms with Crippen molar-refractivity contribution in [3.8, 4) is 0 Å². The third-order valence-electron chi connectivity index (χ3n) is 5.84. The van der Waals surface area contributed by atoms with E-state index in [1.807, 2.05) is 0 Å². The van der Waals surface area contributed by atoms with Crippen molar-refractivity contribution in [1.29, 1.82) is 0 Å². The Morgan fingerprint density at radius 3 is 2.03 bits per heavy atom. The molecule has 0 aliphatic rings. The molecule has 0 amide bonds. The van der Waals surface area contributed by atoms with Gasteiger partial charge in [-0.15, -0.1) is 0 Å². The summed E-state index contributed by atoms with van der Waals surface area (Å²) >= 11 is 0. The van der Waals surface area contributed by atoms with Gasteiger partial charge in [-0.2, -0.15) is 16.8 Å². The molecule has 0 bridgehead atoms. The summed E-state index contributed by atoms with van der Waals surface area (Å²) in [5.74, 6) is 0. The van der Waals surface area contributed by atoms with Crippen molar-refractivity contribution in [3.63, 3.8) is 0 Å². The molecule has 35 heavy (non-hydrogen) atoms. The maximum Gasteiger partial charge on any atom is 0.295 e. The summed E-state index contributed by atoms with van der Waals surface area (Å²) in [7, 11) is -14.3. The van der Waals surface area contributed by atoms with Crippen LogP contribution < -0.4 is 5.32 Å². The fraction of sp³-hybridized carbons (Fsp3) is 0.182. The first-order valence-electron chi connectivity index (χ1n) is 9.96. The van der Waals surface area contributed by atoms with Crippen LogP contribution in [-0.2, 0) is 35.8 Å². The van der Waals surface area contributed by atoms with Gasteiger partial charge in [-0.3, -0.25) is 14.4 Å². The molecule has 0 heterocycles. The lowest BCUT2D eigenvalue weighted by molar-refractivity contribution is -0.479. The first kappa shape index (κ1) is 26.9. The molecule has 4 N–H and O–H groups in total. The van der Waals surface area contributed by atoms with Crippen LogP contribution >= 0.6 is 0 Å². The van der Waals surface area contributed by atoms with Gasteiger partial charge in [0.15, 0.2) is 0 Å².